The number of ether oxygens (including phenoxy) is 2. The lowest BCUT2D eigenvalue weighted by Crippen LogP contribution is -2.28. The third kappa shape index (κ3) is 10.3. The molecule has 458 valence electrons. The van der Waals surface area contributed by atoms with E-state index in [4.69, 9.17) is 9.47 Å². The highest BCUT2D eigenvalue weighted by Gasteiger charge is 2.48. The second-order valence-electron chi connectivity index (χ2n) is 24.6. The van der Waals surface area contributed by atoms with Gasteiger partial charge in [-0.25, -0.2) is 0 Å². The van der Waals surface area contributed by atoms with Crippen molar-refractivity contribution in [3.8, 4) is 67.1 Å². The summed E-state index contributed by atoms with van der Waals surface area (Å²) in [5.74, 6) is 1.61. The molecule has 0 saturated carbocycles. The van der Waals surface area contributed by atoms with E-state index in [0.29, 0.717) is 13.2 Å². The van der Waals surface area contributed by atoms with E-state index in [1.54, 1.807) is 12.2 Å². The molecule has 4 heteroatoms. The van der Waals surface area contributed by atoms with Crippen LogP contribution in [-0.2, 0) is 10.8 Å². The second kappa shape index (κ2) is 25.3. The molecule has 0 aliphatic heterocycles. The maximum Gasteiger partial charge on any atom is 0.119 e. The lowest BCUT2D eigenvalue weighted by molar-refractivity contribution is 0.363. The molecule has 2 aliphatic carbocycles. The molecule has 0 aromatic heterocycles. The van der Waals surface area contributed by atoms with Crippen molar-refractivity contribution in [1.29, 1.82) is 0 Å². The van der Waals surface area contributed by atoms with Gasteiger partial charge in [-0.05, 0) is 197 Å². The molecular weight excluding hydrogens is 1170 g/mol. The first kappa shape index (κ1) is 58.8. The first-order valence-electron chi connectivity index (χ1n) is 32.9. The Morgan fingerprint density at radius 2 is 0.500 bits per heavy atom. The number of hydrogen-bond acceptors (Lipinski definition) is 4. The lowest BCUT2D eigenvalue weighted by atomic mass is 9.67. The standard InChI is InChI=1S/C92H68N2O2/c1-3-61-95-81-55-41-73(42-56-81)91(71-25-13-7-14-26-71)87-31-19-17-29-83(87)85-59-53-79(63-89(85)91)93(75-45-33-67(34-46-75)65-21-9-5-10-22-65)77-49-37-69(38-50-77)70-39-51-78(52-40-70)94(76-47-35-68(36-48-76)66-23-11-6-12-24-66)80-54-60-86-84-30-18-20-32-88(84)92(90(86)64-80,72-27-15-8-16-28-72)74-43-57-82(58-44-74)96-62-4-2/h3-60,63-64H,1-2,61-62H2. The zero-order valence-corrected chi connectivity index (χ0v) is 53.2. The normalized spacial score (nSPS) is 14.7. The number of anilines is 6. The van der Waals surface area contributed by atoms with Gasteiger partial charge in [0.2, 0.25) is 0 Å². The summed E-state index contributed by atoms with van der Waals surface area (Å²) in [4.78, 5) is 4.81. The van der Waals surface area contributed by atoms with Gasteiger partial charge in [0.05, 0.1) is 10.8 Å². The van der Waals surface area contributed by atoms with E-state index in [2.05, 4.69) is 375 Å². The van der Waals surface area contributed by atoms with Gasteiger partial charge in [0.1, 0.15) is 24.7 Å². The Hall–Kier alpha value is -12.2. The van der Waals surface area contributed by atoms with Crippen molar-refractivity contribution in [2.24, 2.45) is 0 Å². The van der Waals surface area contributed by atoms with Crippen LogP contribution in [0.3, 0.4) is 0 Å². The van der Waals surface area contributed by atoms with E-state index in [0.717, 1.165) is 79.0 Å². The average molecular weight is 1230 g/mol. The maximum absolute atomic E-state index is 6.06. The van der Waals surface area contributed by atoms with Crippen LogP contribution >= 0.6 is 0 Å². The van der Waals surface area contributed by atoms with Crippen molar-refractivity contribution in [3.63, 3.8) is 0 Å². The summed E-state index contributed by atoms with van der Waals surface area (Å²) in [6.45, 7) is 8.66. The van der Waals surface area contributed by atoms with E-state index >= 15 is 0 Å². The van der Waals surface area contributed by atoms with Gasteiger partial charge in [-0.1, -0.05) is 280 Å². The number of benzene rings is 14. The monoisotopic (exact) mass is 1230 g/mol. The molecule has 14 aromatic carbocycles. The minimum Gasteiger partial charge on any atom is -0.490 e. The van der Waals surface area contributed by atoms with Gasteiger partial charge < -0.3 is 19.3 Å². The first-order valence-corrected chi connectivity index (χ1v) is 32.9. The fourth-order valence-corrected chi connectivity index (χ4v) is 15.0. The molecule has 4 nitrogen and oxygen atoms in total. The minimum atomic E-state index is -0.631. The number of rotatable bonds is 19. The zero-order valence-electron chi connectivity index (χ0n) is 53.2. The lowest BCUT2D eigenvalue weighted by Gasteiger charge is -2.35. The fourth-order valence-electron chi connectivity index (χ4n) is 15.0. The molecule has 2 atom stereocenters. The second-order valence-corrected chi connectivity index (χ2v) is 24.6. The molecule has 96 heavy (non-hydrogen) atoms. The molecule has 14 aromatic rings. The van der Waals surface area contributed by atoms with Crippen molar-refractivity contribution in [2.45, 2.75) is 10.8 Å². The van der Waals surface area contributed by atoms with Crippen LogP contribution in [0.5, 0.6) is 11.5 Å². The Morgan fingerprint density at radius 3 is 0.823 bits per heavy atom. The number of nitrogens with zero attached hydrogens (tertiary/aromatic N) is 2. The molecule has 0 amide bonds. The molecule has 0 spiro atoms. The van der Waals surface area contributed by atoms with E-state index < -0.39 is 10.8 Å². The molecule has 0 radical (unpaired) electrons. The molecular formula is C92H68N2O2. The molecule has 0 bridgehead atoms. The van der Waals surface area contributed by atoms with Crippen molar-refractivity contribution in [2.75, 3.05) is 23.0 Å². The largest absolute Gasteiger partial charge is 0.490 e. The number of fused-ring (bicyclic) bond motifs is 6. The van der Waals surface area contributed by atoms with Crippen molar-refractivity contribution in [3.05, 3.63) is 422 Å². The molecule has 0 saturated heterocycles. The van der Waals surface area contributed by atoms with E-state index in [1.807, 2.05) is 0 Å². The number of hydrogen-bond donors (Lipinski definition) is 0. The molecule has 2 aliphatic rings. The summed E-state index contributed by atoms with van der Waals surface area (Å²) in [7, 11) is 0. The van der Waals surface area contributed by atoms with Crippen LogP contribution in [-0.4, -0.2) is 13.2 Å². The van der Waals surface area contributed by atoms with Crippen LogP contribution in [0, 0.1) is 0 Å². The Balaban J connectivity index is 0.800. The smallest absolute Gasteiger partial charge is 0.119 e. The maximum atomic E-state index is 6.06. The third-order valence-electron chi connectivity index (χ3n) is 19.3. The zero-order chi connectivity index (χ0) is 64.4. The Kier molecular flexibility index (Phi) is 15.5. The minimum absolute atomic E-state index is 0.438. The summed E-state index contributed by atoms with van der Waals surface area (Å²) in [5.41, 5.74) is 26.5. The summed E-state index contributed by atoms with van der Waals surface area (Å²) in [5, 5.41) is 0. The summed E-state index contributed by atoms with van der Waals surface area (Å²) in [6.07, 6.45) is 3.57. The van der Waals surface area contributed by atoms with Gasteiger partial charge in [0, 0.05) is 34.1 Å². The average Bonchev–Trinajstić information content (AvgIpc) is 1.50. The molecule has 0 heterocycles. The Morgan fingerprint density at radius 1 is 0.240 bits per heavy atom. The highest BCUT2D eigenvalue weighted by molar-refractivity contribution is 5.92. The van der Waals surface area contributed by atoms with Crippen molar-refractivity contribution in [1.82, 2.24) is 0 Å². The van der Waals surface area contributed by atoms with Crippen LogP contribution in [0.25, 0.3) is 55.6 Å². The fraction of sp³-hybridized carbons (Fsp3) is 0.0435. The molecule has 16 rings (SSSR count). The van der Waals surface area contributed by atoms with Crippen LogP contribution in [0.2, 0.25) is 0 Å². The van der Waals surface area contributed by atoms with Crippen LogP contribution in [0.1, 0.15) is 44.5 Å². The van der Waals surface area contributed by atoms with Crippen LogP contribution in [0.4, 0.5) is 34.1 Å². The molecule has 0 N–H and O–H groups in total. The van der Waals surface area contributed by atoms with Crippen LogP contribution < -0.4 is 19.3 Å². The first-order chi connectivity index (χ1) is 47.5. The highest BCUT2D eigenvalue weighted by atomic mass is 16.5. The Labute approximate surface area is 562 Å². The summed E-state index contributed by atoms with van der Waals surface area (Å²) in [6, 6.07) is 129. The molecule has 0 fully saturated rings. The van der Waals surface area contributed by atoms with Crippen molar-refractivity contribution >= 4 is 34.1 Å². The van der Waals surface area contributed by atoms with Gasteiger partial charge in [-0.2, -0.15) is 0 Å². The summed E-state index contributed by atoms with van der Waals surface area (Å²) >= 11 is 0. The quantitative estimate of drug-likeness (QED) is 0.0754. The SMILES string of the molecule is C=CCOc1ccc(C2(c3ccccc3)c3ccccc3-c3ccc(N(c4ccc(-c5ccccc5)cc4)c4ccc(-c5ccc(N(c6ccc(-c7ccccc7)cc6)c6ccc7c(c6)C(c6ccccc6)(c6ccc(OCC=C)cc6)c6ccccc6-7)cc5)cc4)cc32)cc1. The third-order valence-corrected chi connectivity index (χ3v) is 19.3. The van der Waals surface area contributed by atoms with E-state index in [-0.39, 0.29) is 0 Å². The van der Waals surface area contributed by atoms with Gasteiger partial charge in [-0.3, -0.25) is 0 Å². The van der Waals surface area contributed by atoms with E-state index in [9.17, 15) is 0 Å². The van der Waals surface area contributed by atoms with Gasteiger partial charge in [0.25, 0.3) is 0 Å². The summed E-state index contributed by atoms with van der Waals surface area (Å²) < 4.78 is 12.1. The van der Waals surface area contributed by atoms with Crippen molar-refractivity contribution < 1.29 is 9.47 Å². The van der Waals surface area contributed by atoms with Crippen LogP contribution in [0.15, 0.2) is 377 Å². The Bertz CT molecular complexity index is 4770. The van der Waals surface area contributed by atoms with Gasteiger partial charge in [-0.15, -0.1) is 0 Å². The molecule has 2 unspecified atom stereocenters. The van der Waals surface area contributed by atoms with E-state index in [1.165, 1.54) is 66.8 Å². The topological polar surface area (TPSA) is 24.9 Å². The predicted molar refractivity (Wildman–Crippen MR) is 398 cm³/mol. The van der Waals surface area contributed by atoms with Gasteiger partial charge >= 0.3 is 0 Å². The predicted octanol–water partition coefficient (Wildman–Crippen LogP) is 23.5. The highest BCUT2D eigenvalue weighted by Crippen LogP contribution is 2.59. The van der Waals surface area contributed by atoms with Gasteiger partial charge in [0.15, 0.2) is 0 Å².